The number of ketones is 1. The molecule has 1 saturated heterocycles. The first-order valence-corrected chi connectivity index (χ1v) is 10.2. The van der Waals surface area contributed by atoms with E-state index in [1.807, 2.05) is 13.8 Å². The molecule has 4 rings (SSSR count). The minimum absolute atomic E-state index is 0.132. The molecule has 2 saturated carbocycles. The van der Waals surface area contributed by atoms with Gasteiger partial charge in [0, 0.05) is 13.3 Å². The van der Waals surface area contributed by atoms with Gasteiger partial charge in [-0.2, -0.15) is 0 Å². The van der Waals surface area contributed by atoms with E-state index < -0.39 is 23.6 Å². The molecule has 150 valence electrons. The summed E-state index contributed by atoms with van der Waals surface area (Å²) in [5.74, 6) is -0.394. The fourth-order valence-corrected chi connectivity index (χ4v) is 6.15. The summed E-state index contributed by atoms with van der Waals surface area (Å²) in [6.45, 7) is 11.7. The van der Waals surface area contributed by atoms with Gasteiger partial charge in [-0.15, -0.1) is 0 Å². The minimum Gasteiger partial charge on any atom is -0.450 e. The fourth-order valence-electron chi connectivity index (χ4n) is 6.15. The number of aliphatic hydroxyl groups excluding tert-OH is 1. The van der Waals surface area contributed by atoms with Crippen molar-refractivity contribution in [2.75, 3.05) is 0 Å². The molecule has 0 unspecified atom stereocenters. The number of esters is 1. The lowest BCUT2D eigenvalue weighted by molar-refractivity contribution is -0.171. The molecule has 0 spiro atoms. The molecule has 0 bridgehead atoms. The molecule has 4 aliphatic rings. The van der Waals surface area contributed by atoms with E-state index in [4.69, 9.17) is 9.47 Å². The van der Waals surface area contributed by atoms with Gasteiger partial charge in [-0.3, -0.25) is 9.59 Å². The van der Waals surface area contributed by atoms with E-state index in [2.05, 4.69) is 26.8 Å². The maximum atomic E-state index is 13.6. The van der Waals surface area contributed by atoms with Gasteiger partial charge >= 0.3 is 5.97 Å². The molecule has 3 aliphatic carbocycles. The summed E-state index contributed by atoms with van der Waals surface area (Å²) >= 11 is 0. The van der Waals surface area contributed by atoms with Crippen LogP contribution in [0.25, 0.3) is 0 Å². The Kier molecular flexibility index (Phi) is 4.01. The molecular formula is C22H32O5. The van der Waals surface area contributed by atoms with Gasteiger partial charge in [0.05, 0.1) is 23.7 Å². The minimum atomic E-state index is -1.33. The van der Waals surface area contributed by atoms with Crippen molar-refractivity contribution in [3.63, 3.8) is 0 Å². The third kappa shape index (κ3) is 2.65. The van der Waals surface area contributed by atoms with Crippen LogP contribution in [0.1, 0.15) is 60.8 Å². The number of epoxide rings is 1. The molecule has 0 radical (unpaired) electrons. The highest BCUT2D eigenvalue weighted by molar-refractivity contribution is 6.03. The van der Waals surface area contributed by atoms with Gasteiger partial charge in [0.1, 0.15) is 0 Å². The Hall–Kier alpha value is -1.20. The topological polar surface area (TPSA) is 76.1 Å². The SMILES string of the molecule is CC(=O)O[C@]12C[C@H](C)[C@H](O)[C@@H]1[C@H]1O[C@]1(C)CC[C@H]1[C@H](/C=C(\C)C2=O)C1(C)C. The zero-order valence-corrected chi connectivity index (χ0v) is 17.2. The van der Waals surface area contributed by atoms with Gasteiger partial charge in [0.15, 0.2) is 5.60 Å². The highest BCUT2D eigenvalue weighted by Gasteiger charge is 2.71. The molecule has 27 heavy (non-hydrogen) atoms. The van der Waals surface area contributed by atoms with E-state index in [1.54, 1.807) is 0 Å². The van der Waals surface area contributed by atoms with Crippen LogP contribution in [-0.4, -0.2) is 40.3 Å². The molecule has 1 aliphatic heterocycles. The summed E-state index contributed by atoms with van der Waals surface area (Å²) in [6, 6.07) is 0. The third-order valence-corrected chi connectivity index (χ3v) is 7.97. The fraction of sp³-hybridized carbons (Fsp3) is 0.818. The van der Waals surface area contributed by atoms with Crippen molar-refractivity contribution < 1.29 is 24.2 Å². The van der Waals surface area contributed by atoms with Crippen LogP contribution < -0.4 is 0 Å². The first-order chi connectivity index (χ1) is 12.4. The third-order valence-electron chi connectivity index (χ3n) is 7.97. The molecule has 1 N–H and O–H groups in total. The largest absolute Gasteiger partial charge is 0.450 e. The molecule has 8 atom stereocenters. The lowest BCUT2D eigenvalue weighted by atomic mass is 9.77. The summed E-state index contributed by atoms with van der Waals surface area (Å²) in [5.41, 5.74) is -0.861. The van der Waals surface area contributed by atoms with Crippen LogP contribution in [0.2, 0.25) is 0 Å². The van der Waals surface area contributed by atoms with Crippen molar-refractivity contribution in [1.29, 1.82) is 0 Å². The number of ether oxygens (including phenoxy) is 2. The average molecular weight is 376 g/mol. The molecule has 0 aromatic carbocycles. The predicted molar refractivity (Wildman–Crippen MR) is 99.8 cm³/mol. The monoisotopic (exact) mass is 376 g/mol. The number of aliphatic hydroxyl groups is 1. The van der Waals surface area contributed by atoms with Crippen LogP contribution in [-0.2, 0) is 19.1 Å². The lowest BCUT2D eigenvalue weighted by Gasteiger charge is -2.34. The van der Waals surface area contributed by atoms with Crippen LogP contribution in [0.4, 0.5) is 0 Å². The Morgan fingerprint density at radius 3 is 2.63 bits per heavy atom. The second-order valence-electron chi connectivity index (χ2n) is 10.2. The van der Waals surface area contributed by atoms with Crippen molar-refractivity contribution in [2.45, 2.75) is 84.2 Å². The number of rotatable bonds is 1. The molecule has 0 amide bonds. The molecular weight excluding hydrogens is 344 g/mol. The standard InChI is InChI=1S/C22H32O5/c1-11-9-15-14(20(15,4)5)7-8-21(6)19(27-21)16-17(24)12(2)10-22(16,18(11)25)26-13(3)23/h9,12,14-17,19,24H,7-8,10H2,1-6H3/b11-9+/t12-,14-,15-,16+,17-,19+,21+,22+/m0/s1. The van der Waals surface area contributed by atoms with Crippen molar-refractivity contribution in [1.82, 2.24) is 0 Å². The van der Waals surface area contributed by atoms with E-state index >= 15 is 0 Å². The second kappa shape index (κ2) is 5.66. The second-order valence-corrected chi connectivity index (χ2v) is 10.2. The Bertz CT molecular complexity index is 724. The summed E-state index contributed by atoms with van der Waals surface area (Å²) in [7, 11) is 0. The maximum absolute atomic E-state index is 13.6. The van der Waals surface area contributed by atoms with E-state index in [-0.39, 0.29) is 28.8 Å². The summed E-state index contributed by atoms with van der Waals surface area (Å²) in [5, 5.41) is 10.9. The van der Waals surface area contributed by atoms with Gasteiger partial charge in [-0.25, -0.2) is 0 Å². The number of Topliss-reactive ketones (excluding diaryl/α,β-unsaturated/α-hetero) is 1. The number of carbonyl (C=O) groups is 2. The number of carbonyl (C=O) groups excluding carboxylic acids is 2. The highest BCUT2D eigenvalue weighted by atomic mass is 16.6. The summed E-state index contributed by atoms with van der Waals surface area (Å²) in [6.07, 6.45) is 3.39. The Balaban J connectivity index is 1.82. The zero-order chi connectivity index (χ0) is 19.9. The van der Waals surface area contributed by atoms with Gasteiger partial charge in [-0.1, -0.05) is 26.8 Å². The maximum Gasteiger partial charge on any atom is 0.303 e. The number of hydrogen-bond acceptors (Lipinski definition) is 5. The van der Waals surface area contributed by atoms with Crippen LogP contribution >= 0.6 is 0 Å². The van der Waals surface area contributed by atoms with Gasteiger partial charge in [0.2, 0.25) is 5.78 Å². The Morgan fingerprint density at radius 1 is 1.33 bits per heavy atom. The summed E-state index contributed by atoms with van der Waals surface area (Å²) in [4.78, 5) is 25.6. The van der Waals surface area contributed by atoms with E-state index in [9.17, 15) is 14.7 Å². The normalized spacial score (nSPS) is 52.4. The Labute approximate surface area is 161 Å². The quantitative estimate of drug-likeness (QED) is 0.562. The van der Waals surface area contributed by atoms with Crippen molar-refractivity contribution in [3.05, 3.63) is 11.6 Å². The smallest absolute Gasteiger partial charge is 0.303 e. The van der Waals surface area contributed by atoms with E-state index in [1.165, 1.54) is 6.92 Å². The van der Waals surface area contributed by atoms with Crippen molar-refractivity contribution in [3.8, 4) is 0 Å². The molecule has 5 heteroatoms. The number of hydrogen-bond donors (Lipinski definition) is 1. The van der Waals surface area contributed by atoms with E-state index in [0.29, 0.717) is 23.8 Å². The number of fused-ring (bicyclic) bond motifs is 4. The van der Waals surface area contributed by atoms with Gasteiger partial charge in [-0.05, 0) is 55.4 Å². The average Bonchev–Trinajstić information content (AvgIpc) is 3.32. The van der Waals surface area contributed by atoms with E-state index in [0.717, 1.165) is 12.8 Å². The van der Waals surface area contributed by atoms with Crippen LogP contribution in [0.5, 0.6) is 0 Å². The summed E-state index contributed by atoms with van der Waals surface area (Å²) < 4.78 is 11.9. The zero-order valence-electron chi connectivity index (χ0n) is 17.2. The van der Waals surface area contributed by atoms with Gasteiger partial charge < -0.3 is 14.6 Å². The van der Waals surface area contributed by atoms with Crippen LogP contribution in [0.3, 0.4) is 0 Å². The molecule has 1 heterocycles. The number of allylic oxidation sites excluding steroid dienone is 1. The van der Waals surface area contributed by atoms with Gasteiger partial charge in [0.25, 0.3) is 0 Å². The first-order valence-electron chi connectivity index (χ1n) is 10.2. The van der Waals surface area contributed by atoms with Crippen LogP contribution in [0.15, 0.2) is 11.6 Å². The van der Waals surface area contributed by atoms with Crippen molar-refractivity contribution >= 4 is 11.8 Å². The molecule has 5 nitrogen and oxygen atoms in total. The predicted octanol–water partition coefficient (Wildman–Crippen LogP) is 3.04. The van der Waals surface area contributed by atoms with Crippen molar-refractivity contribution in [2.24, 2.45) is 29.1 Å². The Morgan fingerprint density at radius 2 is 2.00 bits per heavy atom. The first kappa shape index (κ1) is 19.1. The highest BCUT2D eigenvalue weighted by Crippen LogP contribution is 2.64. The van der Waals surface area contributed by atoms with Crippen LogP contribution in [0, 0.1) is 29.1 Å². The molecule has 0 aromatic rings. The molecule has 0 aromatic heterocycles. The lowest BCUT2D eigenvalue weighted by Crippen LogP contribution is -2.51. The molecule has 3 fully saturated rings.